The number of hydrogen-bond donors (Lipinski definition) is 0. The van der Waals surface area contributed by atoms with Gasteiger partial charge in [0.1, 0.15) is 6.33 Å². The van der Waals surface area contributed by atoms with E-state index >= 15 is 0 Å². The summed E-state index contributed by atoms with van der Waals surface area (Å²) in [5, 5.41) is 0.905. The van der Waals surface area contributed by atoms with Crippen molar-refractivity contribution >= 4 is 22.4 Å². The van der Waals surface area contributed by atoms with Crippen LogP contribution in [0.25, 0.3) is 10.9 Å². The third-order valence-corrected chi connectivity index (χ3v) is 5.51. The summed E-state index contributed by atoms with van der Waals surface area (Å²) in [5.74, 6) is 1.15. The molecule has 2 aliphatic rings. The van der Waals surface area contributed by atoms with E-state index in [-0.39, 0.29) is 5.56 Å². The van der Waals surface area contributed by atoms with Crippen molar-refractivity contribution in [1.29, 1.82) is 0 Å². The zero-order chi connectivity index (χ0) is 19.1. The van der Waals surface area contributed by atoms with E-state index in [2.05, 4.69) is 36.9 Å². The van der Waals surface area contributed by atoms with Gasteiger partial charge in [0.15, 0.2) is 5.82 Å². The lowest BCUT2D eigenvalue weighted by Gasteiger charge is -2.36. The minimum absolute atomic E-state index is 0.0334. The van der Waals surface area contributed by atoms with Gasteiger partial charge in [-0.3, -0.25) is 4.79 Å². The van der Waals surface area contributed by atoms with Crippen LogP contribution < -0.4 is 20.1 Å². The Kier molecular flexibility index (Phi) is 4.11. The van der Waals surface area contributed by atoms with Gasteiger partial charge in [-0.2, -0.15) is 0 Å². The molecule has 1 aromatic carbocycles. The van der Waals surface area contributed by atoms with E-state index in [1.54, 1.807) is 13.3 Å². The van der Waals surface area contributed by atoms with Crippen molar-refractivity contribution in [2.75, 3.05) is 43.1 Å². The quantitative estimate of drug-likeness (QED) is 0.686. The molecular weight excluding hydrogens is 356 g/mol. The molecule has 0 radical (unpaired) electrons. The van der Waals surface area contributed by atoms with E-state index in [0.717, 1.165) is 55.6 Å². The zero-order valence-electron chi connectivity index (χ0n) is 15.8. The molecule has 2 aromatic heterocycles. The van der Waals surface area contributed by atoms with Gasteiger partial charge in [0.05, 0.1) is 18.0 Å². The summed E-state index contributed by atoms with van der Waals surface area (Å²) in [6.07, 6.45) is 7.25. The second kappa shape index (κ2) is 6.78. The lowest BCUT2D eigenvalue weighted by atomic mass is 10.2. The predicted molar refractivity (Wildman–Crippen MR) is 107 cm³/mol. The molecule has 8 nitrogen and oxygen atoms in total. The van der Waals surface area contributed by atoms with Crippen LogP contribution in [0.2, 0.25) is 0 Å². The largest absolute Gasteiger partial charge is 0.480 e. The van der Waals surface area contributed by atoms with Crippen LogP contribution in [0, 0.1) is 0 Å². The van der Waals surface area contributed by atoms with Crippen molar-refractivity contribution in [3.8, 4) is 5.88 Å². The van der Waals surface area contributed by atoms with Crippen molar-refractivity contribution in [1.82, 2.24) is 19.5 Å². The van der Waals surface area contributed by atoms with Crippen molar-refractivity contribution in [3.63, 3.8) is 0 Å². The average Bonchev–Trinajstić information content (AvgIpc) is 3.58. The Morgan fingerprint density at radius 1 is 1.04 bits per heavy atom. The SMILES string of the molecule is COc1ncnc2ccc(N3CCN(c4nccn(C5CC5)c4=O)CC3)cc12. The Morgan fingerprint density at radius 2 is 1.82 bits per heavy atom. The Balaban J connectivity index is 1.36. The van der Waals surface area contributed by atoms with E-state index in [4.69, 9.17) is 4.74 Å². The number of ether oxygens (including phenoxy) is 1. The second-order valence-electron chi connectivity index (χ2n) is 7.25. The molecule has 1 aliphatic heterocycles. The maximum Gasteiger partial charge on any atom is 0.293 e. The highest BCUT2D eigenvalue weighted by Gasteiger charge is 2.27. The smallest absolute Gasteiger partial charge is 0.293 e. The maximum atomic E-state index is 12.7. The van der Waals surface area contributed by atoms with Crippen LogP contribution in [0.15, 0.2) is 41.7 Å². The van der Waals surface area contributed by atoms with Gasteiger partial charge in [0.2, 0.25) is 5.88 Å². The van der Waals surface area contributed by atoms with Gasteiger partial charge in [0.25, 0.3) is 5.56 Å². The lowest BCUT2D eigenvalue weighted by molar-refractivity contribution is 0.402. The molecule has 1 saturated heterocycles. The number of fused-ring (bicyclic) bond motifs is 1. The van der Waals surface area contributed by atoms with Crippen molar-refractivity contribution in [2.24, 2.45) is 0 Å². The van der Waals surface area contributed by atoms with Crippen LogP contribution in [0.5, 0.6) is 5.88 Å². The highest BCUT2D eigenvalue weighted by molar-refractivity contribution is 5.86. The molecule has 0 N–H and O–H groups in total. The summed E-state index contributed by atoms with van der Waals surface area (Å²) in [7, 11) is 1.62. The van der Waals surface area contributed by atoms with Crippen molar-refractivity contribution < 1.29 is 4.74 Å². The maximum absolute atomic E-state index is 12.7. The van der Waals surface area contributed by atoms with E-state index in [1.165, 1.54) is 6.33 Å². The van der Waals surface area contributed by atoms with Crippen LogP contribution in [0.4, 0.5) is 11.5 Å². The van der Waals surface area contributed by atoms with Gasteiger partial charge in [-0.1, -0.05) is 0 Å². The first-order valence-electron chi connectivity index (χ1n) is 9.60. The van der Waals surface area contributed by atoms with Crippen molar-refractivity contribution in [2.45, 2.75) is 18.9 Å². The molecule has 144 valence electrons. The van der Waals surface area contributed by atoms with Gasteiger partial charge < -0.3 is 19.1 Å². The summed E-state index contributed by atoms with van der Waals surface area (Å²) in [6.45, 7) is 3.16. The molecule has 0 atom stereocenters. The third-order valence-electron chi connectivity index (χ3n) is 5.51. The fourth-order valence-electron chi connectivity index (χ4n) is 3.83. The molecule has 1 saturated carbocycles. The van der Waals surface area contributed by atoms with Crippen LogP contribution in [-0.4, -0.2) is 52.8 Å². The number of anilines is 2. The monoisotopic (exact) mass is 378 g/mol. The molecule has 8 heteroatoms. The minimum atomic E-state index is 0.0334. The number of benzene rings is 1. The van der Waals surface area contributed by atoms with Crippen LogP contribution in [0.3, 0.4) is 0 Å². The molecule has 3 heterocycles. The first-order chi connectivity index (χ1) is 13.7. The standard InChI is InChI=1S/C20H22N6O2/c1-28-19-16-12-15(4-5-17(16)22-13-23-19)24-8-10-25(11-9-24)18-20(27)26(7-6-21-18)14-2-3-14/h4-7,12-14H,2-3,8-11H2,1H3. The second-order valence-corrected chi connectivity index (χ2v) is 7.25. The molecule has 2 fully saturated rings. The number of piperazine rings is 1. The van der Waals surface area contributed by atoms with Crippen LogP contribution >= 0.6 is 0 Å². The van der Waals surface area contributed by atoms with Crippen LogP contribution in [0.1, 0.15) is 18.9 Å². The van der Waals surface area contributed by atoms with Crippen molar-refractivity contribution in [3.05, 3.63) is 47.3 Å². The van der Waals surface area contributed by atoms with E-state index < -0.39 is 0 Å². The fraction of sp³-hybridized carbons (Fsp3) is 0.400. The van der Waals surface area contributed by atoms with E-state index in [9.17, 15) is 4.79 Å². The number of rotatable bonds is 4. The highest BCUT2D eigenvalue weighted by Crippen LogP contribution is 2.33. The fourth-order valence-corrected chi connectivity index (χ4v) is 3.83. The number of methoxy groups -OCH3 is 1. The summed E-state index contributed by atoms with van der Waals surface area (Å²) >= 11 is 0. The topological polar surface area (TPSA) is 76.4 Å². The Bertz CT molecular complexity index is 1070. The Labute approximate surface area is 162 Å². The average molecular weight is 378 g/mol. The molecule has 0 bridgehead atoms. The van der Waals surface area contributed by atoms with E-state index in [0.29, 0.717) is 17.7 Å². The molecule has 3 aromatic rings. The molecule has 0 amide bonds. The predicted octanol–water partition coefficient (Wildman–Crippen LogP) is 1.86. The molecular formula is C20H22N6O2. The highest BCUT2D eigenvalue weighted by atomic mass is 16.5. The molecule has 5 rings (SSSR count). The van der Waals surface area contributed by atoms with Gasteiger partial charge in [-0.05, 0) is 31.0 Å². The third kappa shape index (κ3) is 2.94. The summed E-state index contributed by atoms with van der Waals surface area (Å²) in [5.41, 5.74) is 2.01. The molecule has 28 heavy (non-hydrogen) atoms. The Morgan fingerprint density at radius 3 is 2.57 bits per heavy atom. The van der Waals surface area contributed by atoms with Gasteiger partial charge in [-0.25, -0.2) is 15.0 Å². The van der Waals surface area contributed by atoms with Crippen LogP contribution in [-0.2, 0) is 0 Å². The minimum Gasteiger partial charge on any atom is -0.480 e. The summed E-state index contributed by atoms with van der Waals surface area (Å²) < 4.78 is 7.21. The normalized spacial score (nSPS) is 17.2. The van der Waals surface area contributed by atoms with E-state index in [1.807, 2.05) is 16.8 Å². The number of nitrogens with zero attached hydrogens (tertiary/aromatic N) is 6. The van der Waals surface area contributed by atoms with Gasteiger partial charge in [-0.15, -0.1) is 0 Å². The number of hydrogen-bond acceptors (Lipinski definition) is 7. The Hall–Kier alpha value is -3.16. The lowest BCUT2D eigenvalue weighted by Crippen LogP contribution is -2.48. The summed E-state index contributed by atoms with van der Waals surface area (Å²) in [4.78, 5) is 30.0. The first-order valence-corrected chi connectivity index (χ1v) is 9.60. The molecule has 0 unspecified atom stereocenters. The van der Waals surface area contributed by atoms with Gasteiger partial charge in [0, 0.05) is 50.3 Å². The number of aromatic nitrogens is 4. The zero-order valence-corrected chi connectivity index (χ0v) is 15.8. The molecule has 1 aliphatic carbocycles. The molecule has 0 spiro atoms. The van der Waals surface area contributed by atoms with Gasteiger partial charge >= 0.3 is 0 Å². The summed E-state index contributed by atoms with van der Waals surface area (Å²) in [6, 6.07) is 6.51. The first kappa shape index (κ1) is 17.0.